The Morgan fingerprint density at radius 2 is 2.17 bits per heavy atom. The van der Waals surface area contributed by atoms with E-state index in [9.17, 15) is 4.79 Å². The van der Waals surface area contributed by atoms with Gasteiger partial charge in [0.05, 0.1) is 12.2 Å². The van der Waals surface area contributed by atoms with Gasteiger partial charge in [-0.3, -0.25) is 9.48 Å². The van der Waals surface area contributed by atoms with E-state index in [1.54, 1.807) is 6.20 Å². The van der Waals surface area contributed by atoms with Gasteiger partial charge in [-0.05, 0) is 37.5 Å². The van der Waals surface area contributed by atoms with Gasteiger partial charge in [0.25, 0.3) is 5.91 Å². The maximum Gasteiger partial charge on any atom is 0.282 e. The highest BCUT2D eigenvalue weighted by Crippen LogP contribution is 2.25. The van der Waals surface area contributed by atoms with Gasteiger partial charge >= 0.3 is 0 Å². The SMILES string of the molecule is Cc1cnn(C2CCN(C(=O)c3nc4cccnc4s3)CC2)c1. The molecule has 0 spiro atoms. The fourth-order valence-electron chi connectivity index (χ4n) is 2.96. The van der Waals surface area contributed by atoms with Crippen molar-refractivity contribution in [2.75, 3.05) is 13.1 Å². The third-order valence-corrected chi connectivity index (χ3v) is 5.17. The van der Waals surface area contributed by atoms with Crippen molar-refractivity contribution in [3.63, 3.8) is 0 Å². The number of carbonyl (C=O) groups excluding carboxylic acids is 1. The highest BCUT2D eigenvalue weighted by molar-refractivity contribution is 7.19. The summed E-state index contributed by atoms with van der Waals surface area (Å²) >= 11 is 1.37. The first-order chi connectivity index (χ1) is 11.2. The van der Waals surface area contributed by atoms with E-state index in [0.717, 1.165) is 36.3 Å². The standard InChI is InChI=1S/C16H17N5OS/c1-11-9-18-21(10-11)12-4-7-20(8-5-12)16(22)15-19-13-3-2-6-17-14(13)23-15/h2-3,6,9-10,12H,4-5,7-8H2,1H3. The number of aryl methyl sites for hydroxylation is 1. The molecule has 1 aliphatic rings. The zero-order chi connectivity index (χ0) is 15.8. The van der Waals surface area contributed by atoms with Crippen LogP contribution in [0, 0.1) is 6.92 Å². The lowest BCUT2D eigenvalue weighted by molar-refractivity contribution is 0.0690. The van der Waals surface area contributed by atoms with Crippen molar-refractivity contribution in [1.29, 1.82) is 0 Å². The molecule has 0 bridgehead atoms. The minimum atomic E-state index is 0.0168. The molecule has 23 heavy (non-hydrogen) atoms. The molecule has 0 N–H and O–H groups in total. The van der Waals surface area contributed by atoms with Crippen LogP contribution in [0.4, 0.5) is 0 Å². The molecule has 118 valence electrons. The van der Waals surface area contributed by atoms with Crippen molar-refractivity contribution < 1.29 is 4.79 Å². The molecular weight excluding hydrogens is 310 g/mol. The first kappa shape index (κ1) is 14.3. The first-order valence-electron chi connectivity index (χ1n) is 7.72. The van der Waals surface area contributed by atoms with Crippen molar-refractivity contribution in [2.24, 2.45) is 0 Å². The predicted molar refractivity (Wildman–Crippen MR) is 88.6 cm³/mol. The molecule has 1 fully saturated rings. The highest BCUT2D eigenvalue weighted by atomic mass is 32.1. The Morgan fingerprint density at radius 3 is 2.87 bits per heavy atom. The Kier molecular flexibility index (Phi) is 3.57. The normalized spacial score (nSPS) is 16.1. The molecule has 3 aromatic rings. The van der Waals surface area contributed by atoms with E-state index in [2.05, 4.69) is 21.3 Å². The number of fused-ring (bicyclic) bond motifs is 1. The van der Waals surface area contributed by atoms with E-state index < -0.39 is 0 Å². The van der Waals surface area contributed by atoms with Crippen LogP contribution in [0.15, 0.2) is 30.7 Å². The van der Waals surface area contributed by atoms with Gasteiger partial charge in [-0.1, -0.05) is 11.3 Å². The predicted octanol–water partition coefficient (Wildman–Crippen LogP) is 2.67. The summed E-state index contributed by atoms with van der Waals surface area (Å²) in [7, 11) is 0. The Labute approximate surface area is 137 Å². The van der Waals surface area contributed by atoms with E-state index in [-0.39, 0.29) is 5.91 Å². The van der Waals surface area contributed by atoms with Crippen LogP contribution in [0.3, 0.4) is 0 Å². The lowest BCUT2D eigenvalue weighted by Gasteiger charge is -2.31. The molecule has 1 saturated heterocycles. The maximum atomic E-state index is 12.6. The Hall–Kier alpha value is -2.28. The quantitative estimate of drug-likeness (QED) is 0.726. The number of piperidine rings is 1. The highest BCUT2D eigenvalue weighted by Gasteiger charge is 2.26. The van der Waals surface area contributed by atoms with Gasteiger partial charge in [0, 0.05) is 25.5 Å². The molecular formula is C16H17N5OS. The average Bonchev–Trinajstić information content (AvgIpc) is 3.20. The molecule has 7 heteroatoms. The van der Waals surface area contributed by atoms with Gasteiger partial charge in [-0.15, -0.1) is 0 Å². The van der Waals surface area contributed by atoms with E-state index in [0.29, 0.717) is 11.0 Å². The maximum absolute atomic E-state index is 12.6. The minimum Gasteiger partial charge on any atom is -0.336 e. The number of nitrogens with zero attached hydrogens (tertiary/aromatic N) is 5. The number of pyridine rings is 1. The second-order valence-corrected chi connectivity index (χ2v) is 6.85. The summed E-state index contributed by atoms with van der Waals surface area (Å²) in [6, 6.07) is 4.11. The van der Waals surface area contributed by atoms with Gasteiger partial charge in [0.1, 0.15) is 10.3 Å². The third-order valence-electron chi connectivity index (χ3n) is 4.21. The lowest BCUT2D eigenvalue weighted by atomic mass is 10.1. The third kappa shape index (κ3) is 2.72. The number of likely N-dealkylation sites (tertiary alicyclic amines) is 1. The minimum absolute atomic E-state index is 0.0168. The molecule has 0 unspecified atom stereocenters. The van der Waals surface area contributed by atoms with Crippen LogP contribution in [0.2, 0.25) is 0 Å². The smallest absolute Gasteiger partial charge is 0.282 e. The molecule has 0 aromatic carbocycles. The topological polar surface area (TPSA) is 63.9 Å². The van der Waals surface area contributed by atoms with Gasteiger partial charge in [-0.25, -0.2) is 9.97 Å². The molecule has 6 nitrogen and oxygen atoms in total. The number of thiazole rings is 1. The molecule has 1 aliphatic heterocycles. The van der Waals surface area contributed by atoms with E-state index >= 15 is 0 Å². The van der Waals surface area contributed by atoms with E-state index in [1.807, 2.05) is 34.8 Å². The number of hydrogen-bond acceptors (Lipinski definition) is 5. The van der Waals surface area contributed by atoms with Crippen LogP contribution >= 0.6 is 11.3 Å². The van der Waals surface area contributed by atoms with Crippen LogP contribution in [-0.4, -0.2) is 43.6 Å². The number of amides is 1. The molecule has 1 amide bonds. The van der Waals surface area contributed by atoms with Crippen LogP contribution in [0.1, 0.15) is 34.2 Å². The summed E-state index contributed by atoms with van der Waals surface area (Å²) in [5.74, 6) is 0.0168. The van der Waals surface area contributed by atoms with Crippen molar-refractivity contribution in [3.05, 3.63) is 41.3 Å². The second kappa shape index (κ2) is 5.73. The number of rotatable bonds is 2. The van der Waals surface area contributed by atoms with Crippen LogP contribution in [-0.2, 0) is 0 Å². The summed E-state index contributed by atoms with van der Waals surface area (Å²) in [5.41, 5.74) is 1.97. The summed E-state index contributed by atoms with van der Waals surface area (Å²) in [6.07, 6.45) is 7.53. The van der Waals surface area contributed by atoms with Crippen molar-refractivity contribution in [3.8, 4) is 0 Å². The number of carbonyl (C=O) groups is 1. The fraction of sp³-hybridized carbons (Fsp3) is 0.375. The van der Waals surface area contributed by atoms with Crippen LogP contribution < -0.4 is 0 Å². The fourth-order valence-corrected chi connectivity index (χ4v) is 3.84. The zero-order valence-corrected chi connectivity index (χ0v) is 13.7. The molecule has 4 heterocycles. The van der Waals surface area contributed by atoms with E-state index in [1.165, 1.54) is 16.9 Å². The summed E-state index contributed by atoms with van der Waals surface area (Å²) in [5, 5.41) is 4.93. The first-order valence-corrected chi connectivity index (χ1v) is 8.54. The molecule has 3 aromatic heterocycles. The van der Waals surface area contributed by atoms with Crippen LogP contribution in [0.5, 0.6) is 0 Å². The Morgan fingerprint density at radius 1 is 1.35 bits per heavy atom. The van der Waals surface area contributed by atoms with E-state index in [4.69, 9.17) is 0 Å². The summed E-state index contributed by atoms with van der Waals surface area (Å²) in [6.45, 7) is 3.53. The van der Waals surface area contributed by atoms with Gasteiger partial charge in [-0.2, -0.15) is 5.10 Å². The van der Waals surface area contributed by atoms with Crippen molar-refractivity contribution >= 4 is 27.6 Å². The van der Waals surface area contributed by atoms with Gasteiger partial charge < -0.3 is 4.90 Å². The lowest BCUT2D eigenvalue weighted by Crippen LogP contribution is -2.39. The second-order valence-electron chi connectivity index (χ2n) is 5.87. The van der Waals surface area contributed by atoms with Gasteiger partial charge in [0.2, 0.25) is 0 Å². The summed E-state index contributed by atoms with van der Waals surface area (Å²) < 4.78 is 2.03. The average molecular weight is 327 g/mol. The summed E-state index contributed by atoms with van der Waals surface area (Å²) in [4.78, 5) is 24.0. The largest absolute Gasteiger partial charge is 0.336 e. The Bertz CT molecular complexity index is 814. The molecule has 0 radical (unpaired) electrons. The molecule has 4 rings (SSSR count). The van der Waals surface area contributed by atoms with Crippen LogP contribution in [0.25, 0.3) is 10.3 Å². The monoisotopic (exact) mass is 327 g/mol. The zero-order valence-electron chi connectivity index (χ0n) is 12.8. The Balaban J connectivity index is 1.46. The molecule has 0 saturated carbocycles. The number of aromatic nitrogens is 4. The number of hydrogen-bond donors (Lipinski definition) is 0. The van der Waals surface area contributed by atoms with Crippen molar-refractivity contribution in [1.82, 2.24) is 24.6 Å². The van der Waals surface area contributed by atoms with Crippen molar-refractivity contribution in [2.45, 2.75) is 25.8 Å². The molecule has 0 atom stereocenters. The van der Waals surface area contributed by atoms with Gasteiger partial charge in [0.15, 0.2) is 5.01 Å². The molecule has 0 aliphatic carbocycles.